The van der Waals surface area contributed by atoms with E-state index in [4.69, 9.17) is 9.84 Å². The van der Waals surface area contributed by atoms with Crippen molar-refractivity contribution in [2.45, 2.75) is 19.1 Å². The number of hydrogen-bond donors (Lipinski definition) is 2. The van der Waals surface area contributed by atoms with E-state index in [1.165, 1.54) is 7.11 Å². The van der Waals surface area contributed by atoms with Gasteiger partial charge in [-0.05, 0) is 24.8 Å². The van der Waals surface area contributed by atoms with Gasteiger partial charge in [-0.3, -0.25) is 0 Å². The Balaban J connectivity index is 3.03. The van der Waals surface area contributed by atoms with Gasteiger partial charge in [0.15, 0.2) is 5.72 Å². The molecular weight excluding hydrogens is 170 g/mol. The van der Waals surface area contributed by atoms with Gasteiger partial charge in [0.2, 0.25) is 0 Å². The van der Waals surface area contributed by atoms with E-state index in [1.54, 1.807) is 18.4 Å². The molecule has 0 aliphatic carbocycles. The number of methoxy groups -OCH3 is 1. The topological polar surface area (TPSA) is 58.6 Å². The van der Waals surface area contributed by atoms with Crippen LogP contribution in [0.5, 0.6) is 0 Å². The Kier molecular flexibility index (Phi) is 2.72. The first-order chi connectivity index (χ1) is 6.16. The highest BCUT2D eigenvalue weighted by molar-refractivity contribution is 5.89. The van der Waals surface area contributed by atoms with Gasteiger partial charge in [-0.1, -0.05) is 6.92 Å². The first-order valence-corrected chi connectivity index (χ1v) is 4.09. The summed E-state index contributed by atoms with van der Waals surface area (Å²) in [6, 6.07) is 0. The van der Waals surface area contributed by atoms with E-state index in [0.717, 1.165) is 0 Å². The summed E-state index contributed by atoms with van der Waals surface area (Å²) in [7, 11) is 1.49. The number of hydrogen-bond acceptors (Lipinski definition) is 3. The monoisotopic (exact) mass is 183 g/mol. The van der Waals surface area contributed by atoms with Crippen molar-refractivity contribution in [3.05, 3.63) is 23.9 Å². The van der Waals surface area contributed by atoms with E-state index < -0.39 is 11.7 Å². The molecule has 0 aromatic rings. The highest BCUT2D eigenvalue weighted by Crippen LogP contribution is 2.24. The minimum Gasteiger partial charge on any atom is -0.478 e. The quantitative estimate of drug-likeness (QED) is 0.681. The van der Waals surface area contributed by atoms with Crippen LogP contribution in [-0.4, -0.2) is 23.9 Å². The van der Waals surface area contributed by atoms with Crippen molar-refractivity contribution in [2.75, 3.05) is 7.11 Å². The highest BCUT2D eigenvalue weighted by atomic mass is 16.5. The van der Waals surface area contributed by atoms with Crippen LogP contribution in [0.4, 0.5) is 0 Å². The van der Waals surface area contributed by atoms with Crippen molar-refractivity contribution < 1.29 is 14.6 Å². The molecule has 4 heteroatoms. The standard InChI is InChI=1S/C9H13NO3/c1-3-9(13-2)7(8(11)12)5-4-6-10-9/h4-6,10H,3H2,1-2H3,(H,11,12). The van der Waals surface area contributed by atoms with Gasteiger partial charge in [-0.15, -0.1) is 0 Å². The van der Waals surface area contributed by atoms with Gasteiger partial charge in [0.25, 0.3) is 0 Å². The number of carbonyl (C=O) groups is 1. The average molecular weight is 183 g/mol. The number of carboxylic acids is 1. The van der Waals surface area contributed by atoms with Gasteiger partial charge < -0.3 is 15.2 Å². The summed E-state index contributed by atoms with van der Waals surface area (Å²) < 4.78 is 5.19. The predicted octanol–water partition coefficient (Wildman–Crippen LogP) is 0.867. The third-order valence-corrected chi connectivity index (χ3v) is 2.19. The van der Waals surface area contributed by atoms with Crippen molar-refractivity contribution in [1.29, 1.82) is 0 Å². The number of aliphatic carboxylic acids is 1. The van der Waals surface area contributed by atoms with Crippen molar-refractivity contribution in [3.8, 4) is 0 Å². The van der Waals surface area contributed by atoms with Gasteiger partial charge in [-0.25, -0.2) is 4.79 Å². The Morgan fingerprint density at radius 2 is 2.46 bits per heavy atom. The summed E-state index contributed by atoms with van der Waals surface area (Å²) in [6.45, 7) is 1.87. The molecule has 0 aromatic heterocycles. The van der Waals surface area contributed by atoms with Crippen LogP contribution < -0.4 is 5.32 Å². The molecule has 0 radical (unpaired) electrons. The maximum atomic E-state index is 10.9. The Morgan fingerprint density at radius 1 is 1.77 bits per heavy atom. The molecule has 0 aromatic carbocycles. The SMILES string of the molecule is CCC1(OC)NC=CC=C1C(=O)O. The van der Waals surface area contributed by atoms with Crippen LogP contribution in [0.1, 0.15) is 13.3 Å². The molecule has 2 N–H and O–H groups in total. The van der Waals surface area contributed by atoms with Crippen LogP contribution in [0.25, 0.3) is 0 Å². The molecule has 0 saturated carbocycles. The lowest BCUT2D eigenvalue weighted by Gasteiger charge is -2.33. The summed E-state index contributed by atoms with van der Waals surface area (Å²) in [4.78, 5) is 10.9. The van der Waals surface area contributed by atoms with Crippen LogP contribution in [0, 0.1) is 0 Å². The molecule has 1 unspecified atom stereocenters. The van der Waals surface area contributed by atoms with E-state index in [-0.39, 0.29) is 5.57 Å². The third kappa shape index (κ3) is 1.58. The van der Waals surface area contributed by atoms with Crippen molar-refractivity contribution in [2.24, 2.45) is 0 Å². The van der Waals surface area contributed by atoms with E-state index in [2.05, 4.69) is 5.32 Å². The molecule has 0 saturated heterocycles. The molecule has 0 spiro atoms. The smallest absolute Gasteiger partial charge is 0.336 e. The average Bonchev–Trinajstić information content (AvgIpc) is 2.17. The second kappa shape index (κ2) is 3.62. The largest absolute Gasteiger partial charge is 0.478 e. The van der Waals surface area contributed by atoms with Gasteiger partial charge >= 0.3 is 5.97 Å². The lowest BCUT2D eigenvalue weighted by molar-refractivity contribution is -0.136. The number of nitrogens with one attached hydrogen (secondary N) is 1. The fourth-order valence-corrected chi connectivity index (χ4v) is 1.39. The first kappa shape index (κ1) is 9.80. The Hall–Kier alpha value is -1.29. The molecular formula is C9H13NO3. The molecule has 0 bridgehead atoms. The van der Waals surface area contributed by atoms with Gasteiger partial charge in [0, 0.05) is 7.11 Å². The number of allylic oxidation sites excluding steroid dienone is 2. The second-order valence-corrected chi connectivity index (χ2v) is 2.77. The van der Waals surface area contributed by atoms with Crippen LogP contribution in [-0.2, 0) is 9.53 Å². The number of ether oxygens (including phenoxy) is 1. The predicted molar refractivity (Wildman–Crippen MR) is 48.0 cm³/mol. The van der Waals surface area contributed by atoms with Crippen LogP contribution in [0.15, 0.2) is 23.9 Å². The Labute approximate surface area is 76.9 Å². The lowest BCUT2D eigenvalue weighted by atomic mass is 9.97. The zero-order valence-corrected chi connectivity index (χ0v) is 7.70. The summed E-state index contributed by atoms with van der Waals surface area (Å²) in [5, 5.41) is 11.8. The number of dihydropyridines is 1. The molecule has 4 nitrogen and oxygen atoms in total. The van der Waals surface area contributed by atoms with E-state index in [1.807, 2.05) is 6.92 Å². The van der Waals surface area contributed by atoms with Crippen LogP contribution >= 0.6 is 0 Å². The Morgan fingerprint density at radius 3 is 2.85 bits per heavy atom. The number of rotatable bonds is 3. The molecule has 0 amide bonds. The summed E-state index contributed by atoms with van der Waals surface area (Å²) in [5.41, 5.74) is -0.638. The molecule has 0 fully saturated rings. The summed E-state index contributed by atoms with van der Waals surface area (Å²) >= 11 is 0. The molecule has 1 atom stereocenters. The van der Waals surface area contributed by atoms with E-state index >= 15 is 0 Å². The van der Waals surface area contributed by atoms with Crippen molar-refractivity contribution in [3.63, 3.8) is 0 Å². The molecule has 72 valence electrons. The summed E-state index contributed by atoms with van der Waals surface area (Å²) in [5.74, 6) is -0.958. The highest BCUT2D eigenvalue weighted by Gasteiger charge is 2.36. The van der Waals surface area contributed by atoms with Gasteiger partial charge in [0.1, 0.15) is 0 Å². The molecule has 13 heavy (non-hydrogen) atoms. The minimum atomic E-state index is -0.958. The number of carboxylic acid groups (broad SMARTS) is 1. The van der Waals surface area contributed by atoms with Crippen LogP contribution in [0.3, 0.4) is 0 Å². The van der Waals surface area contributed by atoms with E-state index in [9.17, 15) is 4.79 Å². The fraction of sp³-hybridized carbons (Fsp3) is 0.444. The lowest BCUT2D eigenvalue weighted by Crippen LogP contribution is -2.48. The fourth-order valence-electron chi connectivity index (χ4n) is 1.39. The first-order valence-electron chi connectivity index (χ1n) is 4.09. The van der Waals surface area contributed by atoms with Gasteiger partial charge in [-0.2, -0.15) is 0 Å². The molecule has 1 heterocycles. The second-order valence-electron chi connectivity index (χ2n) is 2.77. The third-order valence-electron chi connectivity index (χ3n) is 2.19. The molecule has 1 rings (SSSR count). The normalized spacial score (nSPS) is 26.5. The van der Waals surface area contributed by atoms with Crippen molar-refractivity contribution in [1.82, 2.24) is 5.32 Å². The van der Waals surface area contributed by atoms with Crippen molar-refractivity contribution >= 4 is 5.97 Å². The Bertz CT molecular complexity index is 264. The maximum Gasteiger partial charge on any atom is 0.336 e. The van der Waals surface area contributed by atoms with E-state index in [0.29, 0.717) is 6.42 Å². The molecule has 1 aliphatic heterocycles. The molecule has 1 aliphatic rings. The van der Waals surface area contributed by atoms with Crippen LogP contribution in [0.2, 0.25) is 0 Å². The minimum absolute atomic E-state index is 0.236. The zero-order chi connectivity index (χ0) is 9.90. The maximum absolute atomic E-state index is 10.9. The zero-order valence-electron chi connectivity index (χ0n) is 7.70. The van der Waals surface area contributed by atoms with Gasteiger partial charge in [0.05, 0.1) is 5.57 Å². The summed E-state index contributed by atoms with van der Waals surface area (Å²) in [6.07, 6.45) is 5.44.